The van der Waals surface area contributed by atoms with Crippen molar-refractivity contribution in [3.05, 3.63) is 89.4 Å². The highest BCUT2D eigenvalue weighted by Gasteiger charge is 2.35. The standard InChI is InChI=1S/C18H10ClN5O4/c19-13-6-5-9(7-14(13)24(27)28)15-12(8-20)16(21)23-18(26)11-4-2-1-3-10(11)17(25)22(15)23/h1-7,15H,21H2. The van der Waals surface area contributed by atoms with Crippen LogP contribution in [0.1, 0.15) is 11.6 Å². The number of halogens is 1. The predicted molar refractivity (Wildman–Crippen MR) is 102 cm³/mol. The normalized spacial score (nSPS) is 15.5. The maximum Gasteiger partial charge on any atom is 0.288 e. The summed E-state index contributed by atoms with van der Waals surface area (Å²) < 4.78 is 1.99. The fourth-order valence-electron chi connectivity index (χ4n) is 3.38. The Bertz CT molecular complexity index is 1380. The average molecular weight is 396 g/mol. The lowest BCUT2D eigenvalue weighted by atomic mass is 10.00. The molecule has 0 amide bonds. The van der Waals surface area contributed by atoms with Gasteiger partial charge in [0.05, 0.1) is 15.7 Å². The molecule has 10 heteroatoms. The Labute approximate surface area is 161 Å². The van der Waals surface area contributed by atoms with Crippen molar-refractivity contribution in [3.8, 4) is 6.07 Å². The summed E-state index contributed by atoms with van der Waals surface area (Å²) in [4.78, 5) is 36.6. The number of nitrogens with two attached hydrogens (primary N) is 1. The molecule has 1 aliphatic heterocycles. The predicted octanol–water partition coefficient (Wildman–Crippen LogP) is 1.98. The van der Waals surface area contributed by atoms with Gasteiger partial charge in [-0.15, -0.1) is 0 Å². The second-order valence-electron chi connectivity index (χ2n) is 6.09. The summed E-state index contributed by atoms with van der Waals surface area (Å²) in [7, 11) is 0. The number of benzene rings is 2. The third-order valence-corrected chi connectivity index (χ3v) is 4.95. The molecular formula is C18H10ClN5O4. The number of nitro benzene ring substituents is 1. The smallest absolute Gasteiger partial charge is 0.288 e. The minimum atomic E-state index is -1.09. The molecule has 2 N–H and O–H groups in total. The number of hydrogen-bond acceptors (Lipinski definition) is 6. The van der Waals surface area contributed by atoms with Crippen LogP contribution >= 0.6 is 11.6 Å². The van der Waals surface area contributed by atoms with Gasteiger partial charge in [0, 0.05) is 6.07 Å². The van der Waals surface area contributed by atoms with E-state index in [4.69, 9.17) is 17.3 Å². The summed E-state index contributed by atoms with van der Waals surface area (Å²) in [6.07, 6.45) is 0. The van der Waals surface area contributed by atoms with Crippen molar-refractivity contribution in [2.75, 3.05) is 0 Å². The van der Waals surface area contributed by atoms with Crippen LogP contribution in [0.15, 0.2) is 57.6 Å². The molecule has 2 aromatic carbocycles. The lowest BCUT2D eigenvalue weighted by molar-refractivity contribution is -0.384. The van der Waals surface area contributed by atoms with Gasteiger partial charge in [0.25, 0.3) is 16.8 Å². The van der Waals surface area contributed by atoms with E-state index >= 15 is 0 Å². The van der Waals surface area contributed by atoms with Crippen LogP contribution in [-0.2, 0) is 0 Å². The molecule has 9 nitrogen and oxygen atoms in total. The molecule has 4 rings (SSSR count). The first-order valence-corrected chi connectivity index (χ1v) is 8.35. The summed E-state index contributed by atoms with van der Waals surface area (Å²) >= 11 is 5.86. The van der Waals surface area contributed by atoms with E-state index in [1.807, 2.05) is 6.07 Å². The quantitative estimate of drug-likeness (QED) is 0.520. The monoisotopic (exact) mass is 395 g/mol. The summed E-state index contributed by atoms with van der Waals surface area (Å²) in [6, 6.07) is 10.9. The second kappa shape index (κ2) is 6.07. The van der Waals surface area contributed by atoms with Crippen molar-refractivity contribution in [3.63, 3.8) is 0 Å². The van der Waals surface area contributed by atoms with Gasteiger partial charge in [0.2, 0.25) is 0 Å². The Morgan fingerprint density at radius 3 is 2.39 bits per heavy atom. The molecule has 28 heavy (non-hydrogen) atoms. The zero-order valence-corrected chi connectivity index (χ0v) is 14.8. The van der Waals surface area contributed by atoms with Gasteiger partial charge in [0.1, 0.15) is 28.5 Å². The summed E-state index contributed by atoms with van der Waals surface area (Å²) in [5.41, 5.74) is 4.69. The zero-order valence-electron chi connectivity index (χ0n) is 14.0. The van der Waals surface area contributed by atoms with E-state index < -0.39 is 22.1 Å². The number of nitrogens with zero attached hydrogens (tertiary/aromatic N) is 4. The van der Waals surface area contributed by atoms with E-state index in [1.54, 1.807) is 12.1 Å². The number of rotatable bonds is 2. The van der Waals surface area contributed by atoms with Crippen molar-refractivity contribution < 1.29 is 4.92 Å². The van der Waals surface area contributed by atoms with Crippen LogP contribution in [0.4, 0.5) is 5.69 Å². The molecule has 0 spiro atoms. The highest BCUT2D eigenvalue weighted by atomic mass is 35.5. The summed E-state index contributed by atoms with van der Waals surface area (Å²) in [5, 5.41) is 21.1. The Morgan fingerprint density at radius 2 is 1.79 bits per heavy atom. The average Bonchev–Trinajstić information content (AvgIpc) is 2.99. The highest BCUT2D eigenvalue weighted by Crippen LogP contribution is 2.36. The van der Waals surface area contributed by atoms with Crippen molar-refractivity contribution >= 4 is 33.9 Å². The van der Waals surface area contributed by atoms with Crippen molar-refractivity contribution in [1.29, 1.82) is 5.26 Å². The summed E-state index contributed by atoms with van der Waals surface area (Å²) in [5.74, 6) is -0.196. The van der Waals surface area contributed by atoms with Gasteiger partial charge in [0.15, 0.2) is 0 Å². The summed E-state index contributed by atoms with van der Waals surface area (Å²) in [6.45, 7) is 0. The van der Waals surface area contributed by atoms with Gasteiger partial charge < -0.3 is 5.73 Å². The van der Waals surface area contributed by atoms with Crippen molar-refractivity contribution in [2.45, 2.75) is 6.04 Å². The van der Waals surface area contributed by atoms with E-state index in [9.17, 15) is 25.0 Å². The van der Waals surface area contributed by atoms with Crippen molar-refractivity contribution in [2.24, 2.45) is 5.73 Å². The first kappa shape index (κ1) is 17.5. The molecule has 0 fully saturated rings. The van der Waals surface area contributed by atoms with E-state index in [1.165, 1.54) is 30.3 Å². The molecule has 3 aromatic rings. The lowest BCUT2D eigenvalue weighted by Crippen LogP contribution is -2.38. The fourth-order valence-corrected chi connectivity index (χ4v) is 3.57. The second-order valence-corrected chi connectivity index (χ2v) is 6.50. The van der Waals surface area contributed by atoms with Gasteiger partial charge in [-0.1, -0.05) is 29.8 Å². The van der Waals surface area contributed by atoms with E-state index in [0.717, 1.165) is 9.36 Å². The molecule has 0 aliphatic carbocycles. The van der Waals surface area contributed by atoms with Crippen LogP contribution < -0.4 is 16.9 Å². The first-order valence-electron chi connectivity index (χ1n) is 7.97. The molecule has 138 valence electrons. The topological polar surface area (TPSA) is 137 Å². The van der Waals surface area contributed by atoms with E-state index in [-0.39, 0.29) is 38.4 Å². The number of hydrogen-bond donors (Lipinski definition) is 1. The molecule has 1 aromatic heterocycles. The van der Waals surface area contributed by atoms with Gasteiger partial charge >= 0.3 is 0 Å². The SMILES string of the molecule is N#CC1=C(N)n2c(=O)c3ccccc3c(=O)n2C1c1ccc(Cl)c([N+](=O)[O-])c1. The highest BCUT2D eigenvalue weighted by molar-refractivity contribution is 6.32. The molecule has 0 radical (unpaired) electrons. The maximum absolute atomic E-state index is 13.1. The number of nitriles is 1. The minimum absolute atomic E-state index is 0.0638. The molecule has 0 saturated carbocycles. The zero-order chi connectivity index (χ0) is 20.2. The van der Waals surface area contributed by atoms with Gasteiger partial charge in [-0.05, 0) is 23.8 Å². The first-order chi connectivity index (χ1) is 13.4. The third-order valence-electron chi connectivity index (χ3n) is 4.63. The molecular weight excluding hydrogens is 386 g/mol. The maximum atomic E-state index is 13.1. The fraction of sp³-hybridized carbons (Fsp3) is 0.0556. The molecule has 2 heterocycles. The lowest BCUT2D eigenvalue weighted by Gasteiger charge is -2.16. The van der Waals surface area contributed by atoms with Crippen LogP contribution in [0.3, 0.4) is 0 Å². The van der Waals surface area contributed by atoms with Crippen LogP contribution in [0.2, 0.25) is 5.02 Å². The Hall–Kier alpha value is -3.90. The van der Waals surface area contributed by atoms with Crippen LogP contribution in [0.25, 0.3) is 16.6 Å². The largest absolute Gasteiger partial charge is 0.383 e. The molecule has 0 saturated heterocycles. The number of nitro groups is 1. The third kappa shape index (κ3) is 2.25. The minimum Gasteiger partial charge on any atom is -0.383 e. The number of aromatic nitrogens is 2. The van der Waals surface area contributed by atoms with Gasteiger partial charge in [-0.25, -0.2) is 4.68 Å². The number of fused-ring (bicyclic) bond motifs is 2. The van der Waals surface area contributed by atoms with Gasteiger partial charge in [-0.2, -0.15) is 9.94 Å². The Balaban J connectivity index is 2.12. The van der Waals surface area contributed by atoms with E-state index in [0.29, 0.717) is 0 Å². The molecule has 1 unspecified atom stereocenters. The Morgan fingerprint density at radius 1 is 1.14 bits per heavy atom. The van der Waals surface area contributed by atoms with Crippen molar-refractivity contribution in [1.82, 2.24) is 9.36 Å². The molecule has 1 aliphatic rings. The number of allylic oxidation sites excluding steroid dienone is 1. The molecule has 0 bridgehead atoms. The van der Waals surface area contributed by atoms with Crippen LogP contribution in [-0.4, -0.2) is 14.3 Å². The molecule has 1 atom stereocenters. The van der Waals surface area contributed by atoms with Crippen LogP contribution in [0, 0.1) is 21.4 Å². The van der Waals surface area contributed by atoms with Crippen LogP contribution in [0.5, 0.6) is 0 Å². The van der Waals surface area contributed by atoms with Gasteiger partial charge in [-0.3, -0.25) is 19.7 Å². The van der Waals surface area contributed by atoms with E-state index in [2.05, 4.69) is 0 Å². The Kier molecular flexibility index (Phi) is 3.80.